The number of halogens is 2. The van der Waals surface area contributed by atoms with Gasteiger partial charge in [0.25, 0.3) is 5.91 Å². The minimum absolute atomic E-state index is 0.0260. The van der Waals surface area contributed by atoms with Crippen LogP contribution in [0.2, 0.25) is 0 Å². The van der Waals surface area contributed by atoms with Crippen molar-refractivity contribution in [1.82, 2.24) is 5.32 Å². The van der Waals surface area contributed by atoms with Crippen molar-refractivity contribution in [3.63, 3.8) is 0 Å². The number of aliphatic carboxylic acids is 1. The molecule has 3 aromatic rings. The molecule has 0 unspecified atom stereocenters. The fourth-order valence-electron chi connectivity index (χ4n) is 4.78. The quantitative estimate of drug-likeness (QED) is 0.283. The molecule has 4 N–H and O–H groups in total. The molecular weight excluding hydrogens is 520 g/mol. The van der Waals surface area contributed by atoms with Gasteiger partial charge in [-0.3, -0.25) is 9.69 Å². The van der Waals surface area contributed by atoms with Gasteiger partial charge in [-0.2, -0.15) is 0 Å². The number of nitrogens with one attached hydrogen (secondary N) is 2. The average Bonchev–Trinajstić information content (AvgIpc) is 2.94. The fraction of sp³-hybridized carbons (Fsp3) is 0.300. The first kappa shape index (κ1) is 28.7. The van der Waals surface area contributed by atoms with E-state index in [-0.39, 0.29) is 17.8 Å². The van der Waals surface area contributed by atoms with Gasteiger partial charge in [0.15, 0.2) is 6.10 Å². The Labute approximate surface area is 230 Å². The largest absolute Gasteiger partial charge is 0.479 e. The predicted octanol–water partition coefficient (Wildman–Crippen LogP) is 5.43. The molecular formula is C30H31F2N3O5. The van der Waals surface area contributed by atoms with Crippen LogP contribution >= 0.6 is 0 Å². The normalized spacial score (nSPS) is 14.3. The maximum Gasteiger partial charge on any atom is 0.334 e. The number of hydrogen-bond acceptors (Lipinski definition) is 4. The zero-order valence-electron chi connectivity index (χ0n) is 21.8. The Morgan fingerprint density at radius 2 is 1.52 bits per heavy atom. The molecule has 4 rings (SSSR count). The van der Waals surface area contributed by atoms with Crippen molar-refractivity contribution in [2.45, 2.75) is 50.7 Å². The first-order valence-corrected chi connectivity index (χ1v) is 13.1. The Morgan fingerprint density at radius 3 is 2.12 bits per heavy atom. The lowest BCUT2D eigenvalue weighted by molar-refractivity contribution is -0.146. The number of carbonyl (C=O) groups excluding carboxylic acids is 2. The zero-order valence-corrected chi connectivity index (χ0v) is 21.8. The van der Waals surface area contributed by atoms with Crippen molar-refractivity contribution in [3.05, 3.63) is 95.1 Å². The molecule has 1 aliphatic rings. The highest BCUT2D eigenvalue weighted by Gasteiger charge is 2.20. The minimum Gasteiger partial charge on any atom is -0.479 e. The molecule has 0 aliphatic heterocycles. The molecule has 40 heavy (non-hydrogen) atoms. The van der Waals surface area contributed by atoms with E-state index in [9.17, 15) is 28.3 Å². The van der Waals surface area contributed by atoms with Gasteiger partial charge in [-0.05, 0) is 66.3 Å². The van der Waals surface area contributed by atoms with Gasteiger partial charge in [0, 0.05) is 23.0 Å². The maximum absolute atomic E-state index is 13.7. The molecule has 1 saturated carbocycles. The standard InChI is InChI=1S/C30H31F2N3O5/c31-23-14-24(32)16-25(15-23)34-30(40)35(26-12-10-21(11-13-26)20-4-2-1-3-5-20)18-19-6-8-22(9-7-19)28(37)33-17-27(36)29(38)39/h6-16,20,27,36H,1-5,17-18H2,(H,33,37)(H,34,40)(H,38,39)/t27-/m1/s1. The Bertz CT molecular complexity index is 1320. The van der Waals surface area contributed by atoms with Crippen LogP contribution in [0.1, 0.15) is 59.5 Å². The molecule has 1 atom stereocenters. The highest BCUT2D eigenvalue weighted by Crippen LogP contribution is 2.33. The Morgan fingerprint density at radius 1 is 0.900 bits per heavy atom. The molecule has 8 nitrogen and oxygen atoms in total. The smallest absolute Gasteiger partial charge is 0.334 e. The number of carboxylic acid groups (broad SMARTS) is 1. The van der Waals surface area contributed by atoms with Crippen LogP contribution in [-0.2, 0) is 11.3 Å². The summed E-state index contributed by atoms with van der Waals surface area (Å²) < 4.78 is 27.5. The van der Waals surface area contributed by atoms with Crippen LogP contribution in [0.3, 0.4) is 0 Å². The van der Waals surface area contributed by atoms with Crippen LogP contribution in [0.4, 0.5) is 25.0 Å². The number of anilines is 2. The van der Waals surface area contributed by atoms with Gasteiger partial charge in [-0.25, -0.2) is 18.4 Å². The highest BCUT2D eigenvalue weighted by atomic mass is 19.1. The molecule has 210 valence electrons. The van der Waals surface area contributed by atoms with Gasteiger partial charge < -0.3 is 20.8 Å². The van der Waals surface area contributed by atoms with Gasteiger partial charge >= 0.3 is 12.0 Å². The molecule has 0 radical (unpaired) electrons. The lowest BCUT2D eigenvalue weighted by Crippen LogP contribution is -2.36. The van der Waals surface area contributed by atoms with Crippen molar-refractivity contribution >= 4 is 29.3 Å². The number of amides is 3. The number of carbonyl (C=O) groups is 3. The van der Waals surface area contributed by atoms with E-state index in [2.05, 4.69) is 10.6 Å². The predicted molar refractivity (Wildman–Crippen MR) is 146 cm³/mol. The molecule has 0 bridgehead atoms. The topological polar surface area (TPSA) is 119 Å². The van der Waals surface area contributed by atoms with Gasteiger partial charge in [0.2, 0.25) is 0 Å². The lowest BCUT2D eigenvalue weighted by Gasteiger charge is -2.26. The summed E-state index contributed by atoms with van der Waals surface area (Å²) in [5.41, 5.74) is 2.67. The van der Waals surface area contributed by atoms with Gasteiger partial charge in [0.1, 0.15) is 11.6 Å². The third kappa shape index (κ3) is 7.63. The Kier molecular flexibility index (Phi) is 9.44. The van der Waals surface area contributed by atoms with Crippen LogP contribution < -0.4 is 15.5 Å². The molecule has 10 heteroatoms. The second kappa shape index (κ2) is 13.2. The number of urea groups is 1. The average molecular weight is 552 g/mol. The summed E-state index contributed by atoms with van der Waals surface area (Å²) in [5, 5.41) is 23.0. The molecule has 3 aromatic carbocycles. The SMILES string of the molecule is O=C(NC[C@@H](O)C(=O)O)c1ccc(CN(C(=O)Nc2cc(F)cc(F)c2)c2ccc(C3CCCCC3)cc2)cc1. The second-order valence-corrected chi connectivity index (χ2v) is 9.86. The molecule has 1 aliphatic carbocycles. The number of carboxylic acids is 1. The van der Waals surface area contributed by atoms with E-state index in [0.717, 1.165) is 31.0 Å². The number of hydrogen-bond donors (Lipinski definition) is 4. The Hall–Kier alpha value is -4.31. The van der Waals surface area contributed by atoms with Crippen molar-refractivity contribution < 1.29 is 33.4 Å². The number of rotatable bonds is 9. The molecule has 0 saturated heterocycles. The summed E-state index contributed by atoms with van der Waals surface area (Å²) in [7, 11) is 0. The number of benzene rings is 3. The van der Waals surface area contributed by atoms with Crippen molar-refractivity contribution in [2.75, 3.05) is 16.8 Å². The minimum atomic E-state index is -1.72. The first-order valence-electron chi connectivity index (χ1n) is 13.1. The Balaban J connectivity index is 1.52. The van der Waals surface area contributed by atoms with E-state index in [1.54, 1.807) is 12.1 Å². The summed E-state index contributed by atoms with van der Waals surface area (Å²) in [6.07, 6.45) is 4.17. The first-order chi connectivity index (χ1) is 19.2. The monoisotopic (exact) mass is 551 g/mol. The number of nitrogens with zero attached hydrogens (tertiary/aromatic N) is 1. The molecule has 1 fully saturated rings. The van der Waals surface area contributed by atoms with E-state index in [1.165, 1.54) is 41.9 Å². The molecule has 3 amide bonds. The van der Waals surface area contributed by atoms with Crippen LogP contribution in [0.25, 0.3) is 0 Å². The van der Waals surface area contributed by atoms with E-state index in [0.29, 0.717) is 17.2 Å². The molecule has 0 aromatic heterocycles. The lowest BCUT2D eigenvalue weighted by atomic mass is 9.84. The summed E-state index contributed by atoms with van der Waals surface area (Å²) in [6.45, 7) is -0.354. The van der Waals surface area contributed by atoms with Gasteiger partial charge in [0.05, 0.1) is 13.1 Å². The van der Waals surface area contributed by atoms with Gasteiger partial charge in [-0.1, -0.05) is 43.5 Å². The maximum atomic E-state index is 13.7. The van der Waals surface area contributed by atoms with Crippen LogP contribution in [-0.4, -0.2) is 40.8 Å². The number of aliphatic hydroxyl groups is 1. The third-order valence-corrected chi connectivity index (χ3v) is 6.94. The van der Waals surface area contributed by atoms with E-state index in [4.69, 9.17) is 5.11 Å². The second-order valence-electron chi connectivity index (χ2n) is 9.86. The van der Waals surface area contributed by atoms with Crippen molar-refractivity contribution in [1.29, 1.82) is 0 Å². The van der Waals surface area contributed by atoms with E-state index >= 15 is 0 Å². The van der Waals surface area contributed by atoms with E-state index < -0.39 is 42.2 Å². The summed E-state index contributed by atoms with van der Waals surface area (Å²) in [5.74, 6) is -3.16. The molecule has 0 spiro atoms. The fourth-order valence-corrected chi connectivity index (χ4v) is 4.78. The van der Waals surface area contributed by atoms with Crippen LogP contribution in [0.15, 0.2) is 66.7 Å². The van der Waals surface area contributed by atoms with Gasteiger partial charge in [-0.15, -0.1) is 0 Å². The summed E-state index contributed by atoms with van der Waals surface area (Å²) in [4.78, 5) is 37.8. The van der Waals surface area contributed by atoms with Crippen LogP contribution in [0.5, 0.6) is 0 Å². The summed E-state index contributed by atoms with van der Waals surface area (Å²) >= 11 is 0. The zero-order chi connectivity index (χ0) is 28.6. The van der Waals surface area contributed by atoms with Crippen molar-refractivity contribution in [2.24, 2.45) is 0 Å². The van der Waals surface area contributed by atoms with E-state index in [1.807, 2.05) is 24.3 Å². The molecule has 0 heterocycles. The highest BCUT2D eigenvalue weighted by molar-refractivity contribution is 6.01. The van der Waals surface area contributed by atoms with Crippen molar-refractivity contribution in [3.8, 4) is 0 Å². The summed E-state index contributed by atoms with van der Waals surface area (Å²) in [6, 6.07) is 16.2. The van der Waals surface area contributed by atoms with Crippen LogP contribution in [0, 0.1) is 11.6 Å². The number of aliphatic hydroxyl groups excluding tert-OH is 1. The third-order valence-electron chi connectivity index (χ3n) is 6.94.